The third-order valence-corrected chi connectivity index (χ3v) is 9.66. The van der Waals surface area contributed by atoms with Crippen molar-refractivity contribution >= 4 is 76.1 Å². The number of benzene rings is 9. The predicted octanol–water partition coefficient (Wildman–Crippen LogP) is 12.9. The standard InChI is InChI=1S/C46H27NO/c1-2-8-28(9-3-1)33-22-16-30-19-25-37-34(23-17-31-18-24-36(33)43(30)44(31)37)29-14-20-32(21-15-29)47-40-12-6-4-11-39(40)45-41(47)27-26-38-35-10-5-7-13-42(35)48-46(38)45/h1-27H/i16D,17D,18D,19D,22D,23D,24D,25D. The molecule has 0 atom stereocenters. The minimum Gasteiger partial charge on any atom is -0.455 e. The first kappa shape index (κ1) is 19.3. The lowest BCUT2D eigenvalue weighted by molar-refractivity contribution is 0.673. The van der Waals surface area contributed by atoms with Gasteiger partial charge in [0.2, 0.25) is 0 Å². The van der Waals surface area contributed by atoms with Crippen LogP contribution in [0.5, 0.6) is 0 Å². The molecule has 2 aromatic heterocycles. The first-order valence-corrected chi connectivity index (χ1v) is 15.9. The Balaban J connectivity index is 1.20. The van der Waals surface area contributed by atoms with Gasteiger partial charge in [-0.2, -0.15) is 0 Å². The molecule has 48 heavy (non-hydrogen) atoms. The molecule has 11 aromatic rings. The fraction of sp³-hybridized carbons (Fsp3) is 0. The highest BCUT2D eigenvalue weighted by Crippen LogP contribution is 2.43. The Bertz CT molecular complexity index is 3500. The van der Waals surface area contributed by atoms with Gasteiger partial charge in [0.25, 0.3) is 0 Å². The molecule has 0 radical (unpaired) electrons. The van der Waals surface area contributed by atoms with Crippen molar-refractivity contribution in [2.24, 2.45) is 0 Å². The van der Waals surface area contributed by atoms with Crippen LogP contribution in [0.3, 0.4) is 0 Å². The fourth-order valence-corrected chi connectivity index (χ4v) is 7.52. The number of hydrogen-bond acceptors (Lipinski definition) is 1. The number of hydrogen-bond donors (Lipinski definition) is 0. The maximum Gasteiger partial charge on any atom is 0.145 e. The van der Waals surface area contributed by atoms with Crippen molar-refractivity contribution in [2.75, 3.05) is 0 Å². The molecule has 0 unspecified atom stereocenters. The fourth-order valence-electron chi connectivity index (χ4n) is 7.52. The number of aromatic nitrogens is 1. The molecule has 0 spiro atoms. The normalized spacial score (nSPS) is 14.5. The Kier molecular flexibility index (Phi) is 3.85. The van der Waals surface area contributed by atoms with E-state index < -0.39 is 0 Å². The molecular formula is C46H27NO. The zero-order valence-corrected chi connectivity index (χ0v) is 25.3. The van der Waals surface area contributed by atoms with E-state index in [0.29, 0.717) is 27.5 Å². The summed E-state index contributed by atoms with van der Waals surface area (Å²) in [5, 5.41) is 5.21. The molecule has 222 valence electrons. The van der Waals surface area contributed by atoms with Gasteiger partial charge in [-0.25, -0.2) is 0 Å². The summed E-state index contributed by atoms with van der Waals surface area (Å²) in [6.07, 6.45) is 0. The zero-order valence-electron chi connectivity index (χ0n) is 33.3. The second-order valence-corrected chi connectivity index (χ2v) is 12.2. The van der Waals surface area contributed by atoms with E-state index in [1.165, 1.54) is 0 Å². The maximum atomic E-state index is 9.35. The van der Waals surface area contributed by atoms with E-state index >= 15 is 0 Å². The molecule has 0 aliphatic carbocycles. The molecule has 0 saturated carbocycles. The van der Waals surface area contributed by atoms with Gasteiger partial charge in [-0.3, -0.25) is 0 Å². The molecule has 0 saturated heterocycles. The van der Waals surface area contributed by atoms with Gasteiger partial charge in [-0.05, 0) is 91.0 Å². The Morgan fingerprint density at radius 3 is 1.75 bits per heavy atom. The van der Waals surface area contributed by atoms with Gasteiger partial charge in [0, 0.05) is 21.8 Å². The Morgan fingerprint density at radius 2 is 1.02 bits per heavy atom. The highest BCUT2D eigenvalue weighted by Gasteiger charge is 2.19. The SMILES string of the molecule is [2H]c1c([2H])c2c([2H])c([2H])c3c(-c4ccc(-n5c6ccccc6c6c7oc8ccccc8c7ccc65)cc4)c([2H])c([2H])c4c([2H])c([2H])c(c1-c1ccccc1)c2c43. The van der Waals surface area contributed by atoms with Crippen LogP contribution in [0.4, 0.5) is 0 Å². The quantitative estimate of drug-likeness (QED) is 0.180. The van der Waals surface area contributed by atoms with E-state index in [4.69, 9.17) is 8.53 Å². The molecule has 2 heterocycles. The van der Waals surface area contributed by atoms with E-state index in [9.17, 15) is 6.85 Å². The smallest absolute Gasteiger partial charge is 0.145 e. The summed E-state index contributed by atoms with van der Waals surface area (Å²) in [4.78, 5) is 0. The van der Waals surface area contributed by atoms with E-state index in [-0.39, 0.29) is 75.4 Å². The van der Waals surface area contributed by atoms with Crippen LogP contribution < -0.4 is 0 Å². The summed E-state index contributed by atoms with van der Waals surface area (Å²) in [6, 6.07) is 34.9. The van der Waals surface area contributed by atoms with E-state index in [2.05, 4.69) is 34.9 Å². The summed E-state index contributed by atoms with van der Waals surface area (Å²) in [5.41, 5.74) is 6.11. The lowest BCUT2D eigenvalue weighted by Gasteiger charge is -2.17. The number of nitrogens with zero attached hydrogens (tertiary/aromatic N) is 1. The second kappa shape index (κ2) is 9.57. The van der Waals surface area contributed by atoms with Gasteiger partial charge in [0.05, 0.1) is 27.4 Å². The van der Waals surface area contributed by atoms with Crippen molar-refractivity contribution in [3.05, 3.63) is 164 Å². The Hall–Kier alpha value is -6.38. The summed E-state index contributed by atoms with van der Waals surface area (Å²) in [6.45, 7) is 0. The first-order chi connectivity index (χ1) is 27.2. The van der Waals surface area contributed by atoms with Crippen LogP contribution in [0.25, 0.3) is 104 Å². The van der Waals surface area contributed by atoms with Gasteiger partial charge >= 0.3 is 0 Å². The monoisotopic (exact) mass is 617 g/mol. The van der Waals surface area contributed by atoms with E-state index in [1.54, 1.807) is 24.3 Å². The topological polar surface area (TPSA) is 18.1 Å². The molecule has 0 bridgehead atoms. The van der Waals surface area contributed by atoms with Gasteiger partial charge in [0.1, 0.15) is 11.2 Å². The second-order valence-electron chi connectivity index (χ2n) is 12.2. The van der Waals surface area contributed by atoms with Crippen LogP contribution in [-0.4, -0.2) is 4.57 Å². The average Bonchev–Trinajstić information content (AvgIpc) is 3.77. The lowest BCUT2D eigenvalue weighted by atomic mass is 9.87. The highest BCUT2D eigenvalue weighted by atomic mass is 16.3. The highest BCUT2D eigenvalue weighted by molar-refractivity contribution is 6.28. The van der Waals surface area contributed by atoms with Gasteiger partial charge < -0.3 is 8.98 Å². The first-order valence-electron chi connectivity index (χ1n) is 19.9. The van der Waals surface area contributed by atoms with Crippen molar-refractivity contribution in [3.63, 3.8) is 0 Å². The van der Waals surface area contributed by atoms with Crippen molar-refractivity contribution in [2.45, 2.75) is 0 Å². The third kappa shape index (κ3) is 3.46. The van der Waals surface area contributed by atoms with Crippen LogP contribution in [0.1, 0.15) is 11.0 Å². The Morgan fingerprint density at radius 1 is 0.417 bits per heavy atom. The zero-order chi connectivity index (χ0) is 38.3. The minimum absolute atomic E-state index is 0.0275. The number of rotatable bonds is 3. The molecule has 0 fully saturated rings. The van der Waals surface area contributed by atoms with Gasteiger partial charge in [-0.15, -0.1) is 0 Å². The molecule has 2 nitrogen and oxygen atoms in total. The molecule has 11 rings (SSSR count). The average molecular weight is 618 g/mol. The van der Waals surface area contributed by atoms with Crippen LogP contribution in [0.2, 0.25) is 0 Å². The summed E-state index contributed by atoms with van der Waals surface area (Å²) in [5.74, 6) is 0. The van der Waals surface area contributed by atoms with Gasteiger partial charge in [-0.1, -0.05) is 127 Å². The van der Waals surface area contributed by atoms with Gasteiger partial charge in [0.15, 0.2) is 0 Å². The number of furan rings is 1. The predicted molar refractivity (Wildman–Crippen MR) is 203 cm³/mol. The van der Waals surface area contributed by atoms with Crippen LogP contribution in [0, 0.1) is 0 Å². The largest absolute Gasteiger partial charge is 0.455 e. The maximum absolute atomic E-state index is 9.35. The van der Waals surface area contributed by atoms with E-state index in [0.717, 1.165) is 49.4 Å². The van der Waals surface area contributed by atoms with Crippen LogP contribution >= 0.6 is 0 Å². The van der Waals surface area contributed by atoms with Crippen molar-refractivity contribution < 1.29 is 15.4 Å². The Labute approximate surface area is 287 Å². The minimum atomic E-state index is -0.295. The van der Waals surface area contributed by atoms with Crippen molar-refractivity contribution in [1.82, 2.24) is 4.57 Å². The molecule has 0 aliphatic rings. The van der Waals surface area contributed by atoms with Crippen LogP contribution in [-0.2, 0) is 0 Å². The molecule has 9 aromatic carbocycles. The van der Waals surface area contributed by atoms with Crippen molar-refractivity contribution in [3.8, 4) is 27.9 Å². The summed E-state index contributed by atoms with van der Waals surface area (Å²) in [7, 11) is 0. The molecular weight excluding hydrogens is 583 g/mol. The van der Waals surface area contributed by atoms with Crippen LogP contribution in [0.15, 0.2) is 168 Å². The molecule has 2 heteroatoms. The number of fused-ring (bicyclic) bond motifs is 7. The van der Waals surface area contributed by atoms with Crippen molar-refractivity contribution in [1.29, 1.82) is 0 Å². The lowest BCUT2D eigenvalue weighted by Crippen LogP contribution is -1.94. The molecule has 0 amide bonds. The third-order valence-electron chi connectivity index (χ3n) is 9.66. The number of para-hydroxylation sites is 2. The van der Waals surface area contributed by atoms with E-state index in [1.807, 2.05) is 60.7 Å². The summed E-state index contributed by atoms with van der Waals surface area (Å²) < 4.78 is 82.2. The summed E-state index contributed by atoms with van der Waals surface area (Å²) >= 11 is 0. The molecule has 0 N–H and O–H groups in total. The molecule has 0 aliphatic heterocycles.